The van der Waals surface area contributed by atoms with Gasteiger partial charge in [0.1, 0.15) is 5.69 Å². The van der Waals surface area contributed by atoms with Gasteiger partial charge in [0.05, 0.1) is 5.69 Å². The van der Waals surface area contributed by atoms with Gasteiger partial charge in [0, 0.05) is 0 Å². The van der Waals surface area contributed by atoms with Crippen LogP contribution in [0, 0.1) is 0 Å². The van der Waals surface area contributed by atoms with E-state index < -0.39 is 11.6 Å². The summed E-state index contributed by atoms with van der Waals surface area (Å²) in [4.78, 5) is 10.9. The van der Waals surface area contributed by atoms with E-state index in [9.17, 15) is 4.79 Å². The van der Waals surface area contributed by atoms with E-state index in [0.717, 1.165) is 0 Å². The summed E-state index contributed by atoms with van der Waals surface area (Å²) >= 11 is 0. The van der Waals surface area contributed by atoms with E-state index in [1.165, 1.54) is 6.92 Å². The fraction of sp³-hybridized carbons (Fsp3) is 0.222. The van der Waals surface area contributed by atoms with Gasteiger partial charge in [-0.15, -0.1) is 5.11 Å². The molecule has 1 aliphatic heterocycles. The molecular formula is C9H9N3O2. The molecule has 0 bridgehead atoms. The molecule has 0 radical (unpaired) electrons. The van der Waals surface area contributed by atoms with Crippen molar-refractivity contribution in [3.05, 3.63) is 24.3 Å². The number of hydrogen-bond acceptors (Lipinski definition) is 4. The van der Waals surface area contributed by atoms with Crippen molar-refractivity contribution in [3.63, 3.8) is 0 Å². The SMILES string of the molecule is C[C@]1(C(=O)O)N=Nc2ccccc2N1. The molecular weight excluding hydrogens is 182 g/mol. The van der Waals surface area contributed by atoms with Gasteiger partial charge in [-0.1, -0.05) is 12.1 Å². The van der Waals surface area contributed by atoms with Gasteiger partial charge in [0.2, 0.25) is 5.66 Å². The largest absolute Gasteiger partial charge is 0.478 e. The van der Waals surface area contributed by atoms with Crippen LogP contribution in [0.25, 0.3) is 0 Å². The van der Waals surface area contributed by atoms with Crippen LogP contribution in [0.15, 0.2) is 34.5 Å². The Labute approximate surface area is 80.5 Å². The number of anilines is 1. The summed E-state index contributed by atoms with van der Waals surface area (Å²) in [6.45, 7) is 1.47. The van der Waals surface area contributed by atoms with E-state index in [4.69, 9.17) is 5.11 Å². The fourth-order valence-electron chi connectivity index (χ4n) is 1.20. The Morgan fingerprint density at radius 3 is 2.93 bits per heavy atom. The summed E-state index contributed by atoms with van der Waals surface area (Å²) in [7, 11) is 0. The lowest BCUT2D eigenvalue weighted by molar-refractivity contribution is -0.141. The van der Waals surface area contributed by atoms with Crippen molar-refractivity contribution in [2.45, 2.75) is 12.6 Å². The van der Waals surface area contributed by atoms with Crippen LogP contribution in [-0.4, -0.2) is 16.7 Å². The Morgan fingerprint density at radius 2 is 2.21 bits per heavy atom. The van der Waals surface area contributed by atoms with Crippen LogP contribution >= 0.6 is 0 Å². The van der Waals surface area contributed by atoms with Crippen LogP contribution in [0.5, 0.6) is 0 Å². The molecule has 0 unspecified atom stereocenters. The van der Waals surface area contributed by atoms with Gasteiger partial charge in [-0.05, 0) is 19.1 Å². The molecule has 1 heterocycles. The second kappa shape index (κ2) is 2.80. The Kier molecular flexibility index (Phi) is 1.73. The van der Waals surface area contributed by atoms with E-state index in [1.807, 2.05) is 12.1 Å². The minimum absolute atomic E-state index is 0.659. The highest BCUT2D eigenvalue weighted by Crippen LogP contribution is 2.33. The number of para-hydroxylation sites is 1. The number of nitrogens with one attached hydrogen (secondary N) is 1. The zero-order valence-electron chi connectivity index (χ0n) is 7.56. The van der Waals surface area contributed by atoms with Crippen LogP contribution in [0.1, 0.15) is 6.92 Å². The van der Waals surface area contributed by atoms with Gasteiger partial charge in [0.15, 0.2) is 0 Å². The molecule has 0 spiro atoms. The predicted molar refractivity (Wildman–Crippen MR) is 50.6 cm³/mol. The number of carboxylic acid groups (broad SMARTS) is 1. The molecule has 0 saturated heterocycles. The van der Waals surface area contributed by atoms with Crippen LogP contribution in [-0.2, 0) is 4.79 Å². The third-order valence-electron chi connectivity index (χ3n) is 2.06. The summed E-state index contributed by atoms with van der Waals surface area (Å²) < 4.78 is 0. The average Bonchev–Trinajstić information content (AvgIpc) is 2.17. The standard InChI is InChI=1S/C9H9N3O2/c1-9(8(13)14)10-6-4-2-3-5-7(6)11-12-9/h2-5,10H,1H3,(H,13,14)/t9-/m1/s1. The van der Waals surface area contributed by atoms with Gasteiger partial charge in [-0.3, -0.25) is 0 Å². The first-order chi connectivity index (χ1) is 6.62. The smallest absolute Gasteiger partial charge is 0.353 e. The maximum Gasteiger partial charge on any atom is 0.353 e. The summed E-state index contributed by atoms with van der Waals surface area (Å²) in [5.74, 6) is -1.05. The molecule has 1 aliphatic rings. The Balaban J connectivity index is 2.43. The second-order valence-electron chi connectivity index (χ2n) is 3.22. The average molecular weight is 191 g/mol. The van der Waals surface area contributed by atoms with E-state index >= 15 is 0 Å². The van der Waals surface area contributed by atoms with Gasteiger partial charge >= 0.3 is 5.97 Å². The molecule has 0 fully saturated rings. The molecule has 1 atom stereocenters. The molecule has 0 saturated carbocycles. The first kappa shape index (κ1) is 8.68. The zero-order valence-corrected chi connectivity index (χ0v) is 7.56. The maximum atomic E-state index is 10.9. The Hall–Kier alpha value is -1.91. The zero-order chi connectivity index (χ0) is 10.2. The number of hydrogen-bond donors (Lipinski definition) is 2. The number of nitrogens with zero attached hydrogens (tertiary/aromatic N) is 2. The van der Waals surface area contributed by atoms with Crippen molar-refractivity contribution in [1.29, 1.82) is 0 Å². The number of fused-ring (bicyclic) bond motifs is 1. The first-order valence-corrected chi connectivity index (χ1v) is 4.15. The normalized spacial score (nSPS) is 23.8. The molecule has 14 heavy (non-hydrogen) atoms. The van der Waals surface area contributed by atoms with Crippen molar-refractivity contribution < 1.29 is 9.90 Å². The van der Waals surface area contributed by atoms with Crippen LogP contribution in [0.2, 0.25) is 0 Å². The van der Waals surface area contributed by atoms with Gasteiger partial charge < -0.3 is 10.4 Å². The topological polar surface area (TPSA) is 74.0 Å². The van der Waals surface area contributed by atoms with Crippen molar-refractivity contribution >= 4 is 17.3 Å². The molecule has 0 aromatic heterocycles. The lowest BCUT2D eigenvalue weighted by Crippen LogP contribution is -2.42. The lowest BCUT2D eigenvalue weighted by atomic mass is 10.1. The van der Waals surface area contributed by atoms with Crippen molar-refractivity contribution in [1.82, 2.24) is 0 Å². The van der Waals surface area contributed by atoms with Gasteiger partial charge in [-0.25, -0.2) is 4.79 Å². The molecule has 1 aromatic carbocycles. The molecule has 0 amide bonds. The van der Waals surface area contributed by atoms with Crippen molar-refractivity contribution in [3.8, 4) is 0 Å². The summed E-state index contributed by atoms with van der Waals surface area (Å²) in [6.07, 6.45) is 0. The number of azo groups is 1. The predicted octanol–water partition coefficient (Wildman–Crippen LogP) is 2.00. The van der Waals surface area contributed by atoms with E-state index in [1.54, 1.807) is 12.1 Å². The van der Waals surface area contributed by atoms with Crippen molar-refractivity contribution in [2.24, 2.45) is 10.2 Å². The highest BCUT2D eigenvalue weighted by molar-refractivity contribution is 5.84. The number of benzene rings is 1. The molecule has 1 aromatic rings. The monoisotopic (exact) mass is 191 g/mol. The van der Waals surface area contributed by atoms with Crippen LogP contribution in [0.4, 0.5) is 11.4 Å². The number of aliphatic carboxylic acids is 1. The molecule has 5 heteroatoms. The van der Waals surface area contributed by atoms with Crippen molar-refractivity contribution in [2.75, 3.05) is 5.32 Å². The number of rotatable bonds is 1. The number of carbonyl (C=O) groups is 1. The molecule has 2 N–H and O–H groups in total. The second-order valence-corrected chi connectivity index (χ2v) is 3.22. The quantitative estimate of drug-likeness (QED) is 0.712. The molecule has 72 valence electrons. The van der Waals surface area contributed by atoms with E-state index in [-0.39, 0.29) is 0 Å². The first-order valence-electron chi connectivity index (χ1n) is 4.15. The summed E-state index contributed by atoms with van der Waals surface area (Å²) in [5, 5.41) is 19.3. The van der Waals surface area contributed by atoms with Gasteiger partial charge in [-0.2, -0.15) is 5.11 Å². The van der Waals surface area contributed by atoms with Gasteiger partial charge in [0.25, 0.3) is 0 Å². The number of carboxylic acids is 1. The third kappa shape index (κ3) is 1.22. The molecule has 5 nitrogen and oxygen atoms in total. The summed E-state index contributed by atoms with van der Waals surface area (Å²) in [5.41, 5.74) is -0.00687. The highest BCUT2D eigenvalue weighted by atomic mass is 16.4. The fourth-order valence-corrected chi connectivity index (χ4v) is 1.20. The Bertz CT molecular complexity index is 416. The van der Waals surface area contributed by atoms with E-state index in [0.29, 0.717) is 11.4 Å². The maximum absolute atomic E-state index is 10.9. The van der Waals surface area contributed by atoms with Crippen LogP contribution in [0.3, 0.4) is 0 Å². The molecule has 0 aliphatic carbocycles. The Morgan fingerprint density at radius 1 is 1.50 bits per heavy atom. The lowest BCUT2D eigenvalue weighted by Gasteiger charge is -2.25. The highest BCUT2D eigenvalue weighted by Gasteiger charge is 2.35. The third-order valence-corrected chi connectivity index (χ3v) is 2.06. The minimum atomic E-state index is -1.35. The van der Waals surface area contributed by atoms with Crippen LogP contribution < -0.4 is 5.32 Å². The van der Waals surface area contributed by atoms with E-state index in [2.05, 4.69) is 15.5 Å². The minimum Gasteiger partial charge on any atom is -0.478 e. The summed E-state index contributed by atoms with van der Waals surface area (Å²) in [6, 6.07) is 7.18. The molecule has 2 rings (SSSR count).